The second-order valence-electron chi connectivity index (χ2n) is 5.78. The monoisotopic (exact) mass is 515 g/mol. The second-order valence-corrected chi connectivity index (χ2v) is 8.42. The maximum absolute atomic E-state index is 11.7. The molecule has 1 unspecified atom stereocenters. The molecule has 5 nitrogen and oxygen atoms in total. The van der Waals surface area contributed by atoms with Crippen molar-refractivity contribution in [2.75, 3.05) is 7.11 Å². The minimum atomic E-state index is -2.53. The van der Waals surface area contributed by atoms with Gasteiger partial charge >= 0.3 is 0 Å². The molecule has 3 aromatic rings. The zero-order valence-corrected chi connectivity index (χ0v) is 18.9. The van der Waals surface area contributed by atoms with E-state index in [1.165, 1.54) is 12.1 Å². The molecular formula is C20H14BrCl2O5S-. The molecule has 0 spiro atoms. The minimum Gasteiger partial charge on any atom is -0.768 e. The maximum atomic E-state index is 11.7. The highest BCUT2D eigenvalue weighted by Gasteiger charge is 2.13. The third-order valence-electron chi connectivity index (χ3n) is 3.83. The summed E-state index contributed by atoms with van der Waals surface area (Å²) in [7, 11) is 1.58. The van der Waals surface area contributed by atoms with Crippen LogP contribution in [0, 0.1) is 0 Å². The Morgan fingerprint density at radius 1 is 1.00 bits per heavy atom. The van der Waals surface area contributed by atoms with Gasteiger partial charge < -0.3 is 18.8 Å². The molecule has 29 heavy (non-hydrogen) atoms. The number of halogens is 3. The molecule has 0 aromatic heterocycles. The molecule has 152 valence electrons. The van der Waals surface area contributed by atoms with Crippen LogP contribution in [0.1, 0.15) is 5.56 Å². The molecule has 0 saturated carbocycles. The Labute approximate surface area is 188 Å². The van der Waals surface area contributed by atoms with Crippen molar-refractivity contribution in [2.24, 2.45) is 0 Å². The third kappa shape index (κ3) is 5.65. The van der Waals surface area contributed by atoms with E-state index in [1.54, 1.807) is 37.4 Å². The van der Waals surface area contributed by atoms with Crippen molar-refractivity contribution >= 4 is 50.2 Å². The Balaban J connectivity index is 1.80. The van der Waals surface area contributed by atoms with Crippen LogP contribution in [0.5, 0.6) is 23.0 Å². The molecule has 0 bridgehead atoms. The van der Waals surface area contributed by atoms with Gasteiger partial charge in [0, 0.05) is 4.47 Å². The molecule has 0 aliphatic heterocycles. The summed E-state index contributed by atoms with van der Waals surface area (Å²) in [5.74, 6) is 1.41. The van der Waals surface area contributed by atoms with Crippen molar-refractivity contribution in [3.63, 3.8) is 0 Å². The zero-order chi connectivity index (χ0) is 21.0. The summed E-state index contributed by atoms with van der Waals surface area (Å²) in [6, 6.07) is 15.0. The van der Waals surface area contributed by atoms with Crippen LogP contribution in [0.3, 0.4) is 0 Å². The average Bonchev–Trinajstić information content (AvgIpc) is 2.69. The van der Waals surface area contributed by atoms with Crippen molar-refractivity contribution in [2.45, 2.75) is 11.5 Å². The van der Waals surface area contributed by atoms with Gasteiger partial charge in [0.15, 0.2) is 5.75 Å². The summed E-state index contributed by atoms with van der Waals surface area (Å²) in [6.45, 7) is 0.193. The fraction of sp³-hybridized carbons (Fsp3) is 0.100. The van der Waals surface area contributed by atoms with E-state index in [0.29, 0.717) is 4.47 Å². The quantitative estimate of drug-likeness (QED) is 0.341. The number of rotatable bonds is 7. The molecule has 0 radical (unpaired) electrons. The third-order valence-corrected chi connectivity index (χ3v) is 5.53. The number of benzene rings is 3. The summed E-state index contributed by atoms with van der Waals surface area (Å²) in [6.07, 6.45) is 0. The molecule has 0 fully saturated rings. The van der Waals surface area contributed by atoms with Crippen LogP contribution in [-0.2, 0) is 17.7 Å². The summed E-state index contributed by atoms with van der Waals surface area (Å²) in [5.41, 5.74) is 0.863. The lowest BCUT2D eigenvalue weighted by molar-refractivity contribution is 0.296. The van der Waals surface area contributed by atoms with Gasteiger partial charge in [0.25, 0.3) is 0 Å². The summed E-state index contributed by atoms with van der Waals surface area (Å²) in [5, 5.41) is 0.572. The molecule has 3 aromatic carbocycles. The maximum Gasteiger partial charge on any atom is 0.164 e. The Hall–Kier alpha value is -1.77. The van der Waals surface area contributed by atoms with Crippen LogP contribution < -0.4 is 14.2 Å². The van der Waals surface area contributed by atoms with Crippen LogP contribution in [0.2, 0.25) is 10.0 Å². The molecule has 0 N–H and O–H groups in total. The van der Waals surface area contributed by atoms with E-state index in [9.17, 15) is 8.76 Å². The number of ether oxygens (including phenoxy) is 3. The molecule has 0 saturated heterocycles. The first-order valence-electron chi connectivity index (χ1n) is 8.19. The van der Waals surface area contributed by atoms with Crippen molar-refractivity contribution in [3.8, 4) is 23.0 Å². The van der Waals surface area contributed by atoms with E-state index in [0.717, 1.165) is 11.3 Å². The van der Waals surface area contributed by atoms with Crippen molar-refractivity contribution in [3.05, 3.63) is 74.7 Å². The lowest BCUT2D eigenvalue weighted by Gasteiger charge is -2.16. The number of methoxy groups -OCH3 is 1. The summed E-state index contributed by atoms with van der Waals surface area (Å²) < 4.78 is 40.6. The highest BCUT2D eigenvalue weighted by molar-refractivity contribution is 9.10. The molecule has 1 atom stereocenters. The average molecular weight is 517 g/mol. The van der Waals surface area contributed by atoms with E-state index in [2.05, 4.69) is 15.9 Å². The largest absolute Gasteiger partial charge is 0.768 e. The topological polar surface area (TPSA) is 67.8 Å². The van der Waals surface area contributed by atoms with Gasteiger partial charge in [-0.1, -0.05) is 51.3 Å². The Morgan fingerprint density at radius 3 is 2.21 bits per heavy atom. The fourth-order valence-corrected chi connectivity index (χ4v) is 4.22. The fourth-order valence-electron chi connectivity index (χ4n) is 2.43. The summed E-state index contributed by atoms with van der Waals surface area (Å²) >= 11 is 13.1. The molecule has 9 heteroatoms. The van der Waals surface area contributed by atoms with Crippen molar-refractivity contribution in [1.82, 2.24) is 0 Å². The highest BCUT2D eigenvalue weighted by atomic mass is 79.9. The molecule has 0 heterocycles. The van der Waals surface area contributed by atoms with Crippen LogP contribution in [-0.4, -0.2) is 15.9 Å². The van der Waals surface area contributed by atoms with E-state index < -0.39 is 11.1 Å². The van der Waals surface area contributed by atoms with E-state index in [4.69, 9.17) is 37.4 Å². The van der Waals surface area contributed by atoms with Crippen LogP contribution in [0.15, 0.2) is 64.0 Å². The highest BCUT2D eigenvalue weighted by Crippen LogP contribution is 2.40. The van der Waals surface area contributed by atoms with Crippen molar-refractivity contribution < 1.29 is 23.0 Å². The Morgan fingerprint density at radius 2 is 1.62 bits per heavy atom. The molecule has 0 aliphatic rings. The van der Waals surface area contributed by atoms with Crippen LogP contribution in [0.25, 0.3) is 0 Å². The minimum absolute atomic E-state index is 0.0413. The predicted molar refractivity (Wildman–Crippen MR) is 115 cm³/mol. The zero-order valence-electron chi connectivity index (χ0n) is 15.0. The molecule has 3 rings (SSSR count). The number of hydrogen-bond acceptors (Lipinski definition) is 5. The lowest BCUT2D eigenvalue weighted by atomic mass is 10.2. The Bertz CT molecular complexity index is 1020. The normalized spacial score (nSPS) is 11.8. The lowest BCUT2D eigenvalue weighted by Crippen LogP contribution is -2.01. The second kappa shape index (κ2) is 9.82. The van der Waals surface area contributed by atoms with E-state index >= 15 is 0 Å². The predicted octanol–water partition coefficient (Wildman–Crippen LogP) is 6.37. The van der Waals surface area contributed by atoms with E-state index in [-0.39, 0.29) is 38.8 Å². The van der Waals surface area contributed by atoms with Gasteiger partial charge in [-0.3, -0.25) is 4.21 Å². The van der Waals surface area contributed by atoms with Gasteiger partial charge in [-0.15, -0.1) is 0 Å². The van der Waals surface area contributed by atoms with E-state index in [1.807, 2.05) is 12.1 Å². The SMILES string of the molecule is COc1ccc(COc2ccc(Oc3c(Cl)cc(Br)cc3Cl)cc2S(=O)[O-])cc1. The molecule has 0 aliphatic carbocycles. The Kier molecular flexibility index (Phi) is 7.43. The molecule has 0 amide bonds. The van der Waals surface area contributed by atoms with Gasteiger partial charge in [0.1, 0.15) is 23.9 Å². The number of hydrogen-bond donors (Lipinski definition) is 0. The first-order chi connectivity index (χ1) is 13.9. The molecular weight excluding hydrogens is 503 g/mol. The van der Waals surface area contributed by atoms with Gasteiger partial charge in [-0.05, 0) is 59.1 Å². The summed E-state index contributed by atoms with van der Waals surface area (Å²) in [4.78, 5) is -0.0413. The smallest absolute Gasteiger partial charge is 0.164 e. The first kappa shape index (κ1) is 21.9. The van der Waals surface area contributed by atoms with Crippen molar-refractivity contribution in [1.29, 1.82) is 0 Å². The van der Waals surface area contributed by atoms with Gasteiger partial charge in [-0.25, -0.2) is 0 Å². The van der Waals surface area contributed by atoms with Crippen LogP contribution >= 0.6 is 39.1 Å². The van der Waals surface area contributed by atoms with Gasteiger partial charge in [0.05, 0.1) is 22.1 Å². The van der Waals surface area contributed by atoms with Crippen LogP contribution in [0.4, 0.5) is 0 Å². The standard InChI is InChI=1S/C20H15BrCl2O5S/c1-26-14-4-2-12(3-5-14)11-27-18-7-6-15(10-19(18)29(24)25)28-20-16(22)8-13(21)9-17(20)23/h2-10H,11H2,1H3,(H,24,25)/p-1. The van der Waals surface area contributed by atoms with Gasteiger partial charge in [-0.2, -0.15) is 0 Å². The van der Waals surface area contributed by atoms with Gasteiger partial charge in [0.2, 0.25) is 0 Å². The first-order valence-corrected chi connectivity index (χ1v) is 10.8.